The van der Waals surface area contributed by atoms with Crippen LogP contribution in [0.2, 0.25) is 0 Å². The van der Waals surface area contributed by atoms with Crippen molar-refractivity contribution in [3.05, 3.63) is 11.6 Å². The highest BCUT2D eigenvalue weighted by Crippen LogP contribution is 2.45. The molecular weight excluding hydrogens is 398 g/mol. The van der Waals surface area contributed by atoms with E-state index >= 15 is 0 Å². The van der Waals surface area contributed by atoms with Crippen molar-refractivity contribution in [1.82, 2.24) is 16.0 Å². The number of nitriles is 1. The van der Waals surface area contributed by atoms with E-state index in [9.17, 15) is 10.1 Å². The van der Waals surface area contributed by atoms with E-state index in [1.165, 1.54) is 18.4 Å². The number of halogens is 1. The average Bonchev–Trinajstić information content (AvgIpc) is 3.56. The first-order valence-electron chi connectivity index (χ1n) is 11.7. The summed E-state index contributed by atoms with van der Waals surface area (Å²) in [6.45, 7) is 3.69. The number of nitrogens with two attached hydrogens (primary N) is 1. The zero-order chi connectivity index (χ0) is 21.3. The quantitative estimate of drug-likeness (QED) is 0.393. The molecule has 2 saturated carbocycles. The van der Waals surface area contributed by atoms with Crippen LogP contribution in [0.15, 0.2) is 11.6 Å². The van der Waals surface area contributed by atoms with Crippen molar-refractivity contribution in [3.8, 4) is 6.07 Å². The van der Waals surface area contributed by atoms with Crippen LogP contribution in [0, 0.1) is 34.5 Å². The Morgan fingerprint density at radius 2 is 2.20 bits per heavy atom. The Morgan fingerprint density at radius 1 is 1.40 bits per heavy atom. The topological polar surface area (TPSA) is 103 Å². The van der Waals surface area contributed by atoms with E-state index in [4.69, 9.17) is 17.3 Å². The van der Waals surface area contributed by atoms with Gasteiger partial charge in [-0.05, 0) is 63.2 Å². The molecule has 1 heterocycles. The van der Waals surface area contributed by atoms with Gasteiger partial charge in [-0.15, -0.1) is 11.6 Å². The third-order valence-corrected chi connectivity index (χ3v) is 8.46. The molecule has 1 amide bonds. The molecule has 0 bridgehead atoms. The van der Waals surface area contributed by atoms with Gasteiger partial charge in [0, 0.05) is 36.5 Å². The second-order valence-corrected chi connectivity index (χ2v) is 10.6. The van der Waals surface area contributed by atoms with E-state index in [1.54, 1.807) is 0 Å². The van der Waals surface area contributed by atoms with Gasteiger partial charge in [-0.1, -0.05) is 18.6 Å². The van der Waals surface area contributed by atoms with Crippen LogP contribution in [0.3, 0.4) is 0 Å². The normalized spacial score (nSPS) is 40.7. The minimum atomic E-state index is -0.765. The molecule has 0 radical (unpaired) electrons. The molecule has 3 fully saturated rings. The van der Waals surface area contributed by atoms with Crippen LogP contribution in [-0.2, 0) is 4.79 Å². The van der Waals surface area contributed by atoms with Gasteiger partial charge in [-0.3, -0.25) is 10.1 Å². The highest BCUT2D eigenvalue weighted by atomic mass is 35.5. The second-order valence-electron chi connectivity index (χ2n) is 10.1. The lowest BCUT2D eigenvalue weighted by Crippen LogP contribution is -2.64. The van der Waals surface area contributed by atoms with Gasteiger partial charge in [0.05, 0.1) is 12.2 Å². The van der Waals surface area contributed by atoms with Crippen molar-refractivity contribution in [2.24, 2.45) is 28.9 Å². The van der Waals surface area contributed by atoms with E-state index in [0.717, 1.165) is 32.2 Å². The second kappa shape index (κ2) is 9.16. The average molecular weight is 434 g/mol. The van der Waals surface area contributed by atoms with Gasteiger partial charge in [0.15, 0.2) is 0 Å². The van der Waals surface area contributed by atoms with Gasteiger partial charge >= 0.3 is 0 Å². The highest BCUT2D eigenvalue weighted by molar-refractivity contribution is 6.20. The van der Waals surface area contributed by atoms with E-state index in [1.807, 2.05) is 0 Å². The number of alkyl halides is 1. The first-order valence-corrected chi connectivity index (χ1v) is 12.1. The minimum Gasteiger partial charge on any atom is -0.354 e. The molecular formula is C23H36ClN5O. The van der Waals surface area contributed by atoms with Gasteiger partial charge < -0.3 is 16.4 Å². The summed E-state index contributed by atoms with van der Waals surface area (Å²) in [4.78, 5) is 12.5. The number of amides is 1. The smallest absolute Gasteiger partial charge is 0.240 e. The van der Waals surface area contributed by atoms with Gasteiger partial charge in [0.2, 0.25) is 5.91 Å². The standard InChI is InChI=1S/C23H36ClN5O/c1-14-2-3-16(10-19(14)24)21-27-11-17(12-28-22(30)23(13-25)8-9-23)20(29-21)15-4-6-18(26)7-5-15/h4,14,16-21,27,29H,2-3,5-12,26H2,1H3,(H,28,30). The van der Waals surface area contributed by atoms with Crippen molar-refractivity contribution in [2.45, 2.75) is 81.9 Å². The summed E-state index contributed by atoms with van der Waals surface area (Å²) in [6, 6.07) is 2.68. The molecule has 166 valence electrons. The van der Waals surface area contributed by atoms with E-state index < -0.39 is 5.41 Å². The molecule has 7 heteroatoms. The summed E-state index contributed by atoms with van der Waals surface area (Å²) >= 11 is 6.60. The van der Waals surface area contributed by atoms with Crippen LogP contribution < -0.4 is 21.7 Å². The van der Waals surface area contributed by atoms with Crippen LogP contribution in [0.25, 0.3) is 0 Å². The summed E-state index contributed by atoms with van der Waals surface area (Å²) in [6.07, 6.45) is 10.3. The van der Waals surface area contributed by atoms with Crippen molar-refractivity contribution >= 4 is 17.5 Å². The Morgan fingerprint density at radius 3 is 2.83 bits per heavy atom. The molecule has 1 saturated heterocycles. The molecule has 1 aliphatic heterocycles. The zero-order valence-corrected chi connectivity index (χ0v) is 18.8. The van der Waals surface area contributed by atoms with Crippen LogP contribution >= 0.6 is 11.6 Å². The molecule has 0 aromatic rings. The Hall–Kier alpha value is -1.13. The molecule has 0 spiro atoms. The number of hydrogen-bond acceptors (Lipinski definition) is 5. The Labute approximate surface area is 185 Å². The van der Waals surface area contributed by atoms with Crippen LogP contribution in [0.1, 0.15) is 58.3 Å². The van der Waals surface area contributed by atoms with Gasteiger partial charge in [-0.25, -0.2) is 0 Å². The Bertz CT molecular complexity index is 715. The van der Waals surface area contributed by atoms with Gasteiger partial charge in [0.1, 0.15) is 5.41 Å². The molecule has 7 unspecified atom stereocenters. The number of nitrogens with zero attached hydrogens (tertiary/aromatic N) is 1. The predicted molar refractivity (Wildman–Crippen MR) is 119 cm³/mol. The number of carbonyl (C=O) groups excluding carboxylic acids is 1. The molecule has 30 heavy (non-hydrogen) atoms. The summed E-state index contributed by atoms with van der Waals surface area (Å²) in [5.74, 6) is 1.27. The molecule has 0 aromatic heterocycles. The van der Waals surface area contributed by atoms with Crippen molar-refractivity contribution in [2.75, 3.05) is 13.1 Å². The summed E-state index contributed by atoms with van der Waals surface area (Å²) in [5.41, 5.74) is 6.78. The number of hydrogen-bond donors (Lipinski definition) is 4. The van der Waals surface area contributed by atoms with Crippen molar-refractivity contribution < 1.29 is 4.79 Å². The molecule has 6 nitrogen and oxygen atoms in total. The predicted octanol–water partition coefficient (Wildman–Crippen LogP) is 2.39. The van der Waals surface area contributed by atoms with E-state index in [2.05, 4.69) is 35.0 Å². The molecule has 0 aromatic carbocycles. The van der Waals surface area contributed by atoms with Crippen molar-refractivity contribution in [3.63, 3.8) is 0 Å². The summed E-state index contributed by atoms with van der Waals surface area (Å²) < 4.78 is 0. The first-order chi connectivity index (χ1) is 14.4. The Kier molecular flexibility index (Phi) is 6.74. The maximum Gasteiger partial charge on any atom is 0.240 e. The third kappa shape index (κ3) is 4.70. The summed E-state index contributed by atoms with van der Waals surface area (Å²) in [5, 5.41) is 20.2. The highest BCUT2D eigenvalue weighted by Gasteiger charge is 2.51. The minimum absolute atomic E-state index is 0.100. The Balaban J connectivity index is 1.42. The lowest BCUT2D eigenvalue weighted by Gasteiger charge is -2.45. The SMILES string of the molecule is CC1CCC(C2NCC(CNC(=O)C3(C#N)CC3)C(C3=CCC(N)CC3)N2)CC1Cl. The fraction of sp³-hybridized carbons (Fsp3) is 0.826. The van der Waals surface area contributed by atoms with Gasteiger partial charge in [0.25, 0.3) is 0 Å². The summed E-state index contributed by atoms with van der Waals surface area (Å²) in [7, 11) is 0. The fourth-order valence-electron chi connectivity index (χ4n) is 5.35. The number of rotatable bonds is 5. The lowest BCUT2D eigenvalue weighted by atomic mass is 9.78. The maximum atomic E-state index is 12.5. The maximum absolute atomic E-state index is 12.5. The molecule has 4 aliphatic rings. The fourth-order valence-corrected chi connectivity index (χ4v) is 5.71. The lowest BCUT2D eigenvalue weighted by molar-refractivity contribution is -0.124. The van der Waals surface area contributed by atoms with E-state index in [-0.39, 0.29) is 35.5 Å². The van der Waals surface area contributed by atoms with Crippen LogP contribution in [0.5, 0.6) is 0 Å². The molecule has 7 atom stereocenters. The van der Waals surface area contributed by atoms with Crippen molar-refractivity contribution in [1.29, 1.82) is 5.26 Å². The number of carbonyl (C=O) groups is 1. The molecule has 3 aliphatic carbocycles. The first kappa shape index (κ1) is 22.1. The monoisotopic (exact) mass is 433 g/mol. The molecule has 5 N–H and O–H groups in total. The van der Waals surface area contributed by atoms with Gasteiger partial charge in [-0.2, -0.15) is 5.26 Å². The molecule has 4 rings (SSSR count). The largest absolute Gasteiger partial charge is 0.354 e. The van der Waals surface area contributed by atoms with Crippen LogP contribution in [-0.4, -0.2) is 42.6 Å². The van der Waals surface area contributed by atoms with Crippen LogP contribution in [0.4, 0.5) is 0 Å². The third-order valence-electron chi connectivity index (χ3n) is 7.85. The van der Waals surface area contributed by atoms with E-state index in [0.29, 0.717) is 31.2 Å². The number of nitrogens with one attached hydrogen (secondary N) is 3. The zero-order valence-electron chi connectivity index (χ0n) is 18.0.